The molecule has 0 radical (unpaired) electrons. The topological polar surface area (TPSA) is 0 Å². The minimum atomic E-state index is 0.0957. The standard InChI is InChI=1S/C18H17Br/c1-2-11-18(12-13-19)16-9-5-3-7-14(16)15-8-4-6-10-17(15)18/h2-10H,1,11-13H2. The largest absolute Gasteiger partial charge is 0.103 e. The highest BCUT2D eigenvalue weighted by atomic mass is 79.9. The van der Waals surface area contributed by atoms with Crippen LogP contribution >= 0.6 is 15.9 Å². The highest BCUT2D eigenvalue weighted by molar-refractivity contribution is 9.09. The number of fused-ring (bicyclic) bond motifs is 3. The molecule has 3 rings (SSSR count). The molecule has 0 aromatic heterocycles. The molecule has 0 fully saturated rings. The highest BCUT2D eigenvalue weighted by Gasteiger charge is 2.41. The second-order valence-electron chi connectivity index (χ2n) is 5.11. The van der Waals surface area contributed by atoms with Crippen LogP contribution in [0.5, 0.6) is 0 Å². The average molecular weight is 313 g/mol. The number of benzene rings is 2. The molecule has 0 amide bonds. The minimum absolute atomic E-state index is 0.0957. The molecule has 96 valence electrons. The lowest BCUT2D eigenvalue weighted by Gasteiger charge is -2.30. The lowest BCUT2D eigenvalue weighted by Crippen LogP contribution is -2.25. The van der Waals surface area contributed by atoms with E-state index in [1.807, 2.05) is 0 Å². The summed E-state index contributed by atoms with van der Waals surface area (Å²) in [6, 6.07) is 17.6. The molecule has 1 aliphatic carbocycles. The van der Waals surface area contributed by atoms with Crippen molar-refractivity contribution in [1.29, 1.82) is 0 Å². The van der Waals surface area contributed by atoms with Gasteiger partial charge in [-0.3, -0.25) is 0 Å². The monoisotopic (exact) mass is 312 g/mol. The normalized spacial score (nSPS) is 14.8. The highest BCUT2D eigenvalue weighted by Crippen LogP contribution is 2.52. The van der Waals surface area contributed by atoms with E-state index in [9.17, 15) is 0 Å². The second kappa shape index (κ2) is 4.97. The van der Waals surface area contributed by atoms with Gasteiger partial charge in [0.25, 0.3) is 0 Å². The molecule has 0 unspecified atom stereocenters. The van der Waals surface area contributed by atoms with Crippen molar-refractivity contribution in [2.45, 2.75) is 18.3 Å². The zero-order valence-corrected chi connectivity index (χ0v) is 12.5. The predicted molar refractivity (Wildman–Crippen MR) is 85.9 cm³/mol. The van der Waals surface area contributed by atoms with E-state index in [4.69, 9.17) is 0 Å². The van der Waals surface area contributed by atoms with Gasteiger partial charge in [-0.1, -0.05) is 70.5 Å². The molecule has 2 aromatic rings. The van der Waals surface area contributed by atoms with Crippen molar-refractivity contribution >= 4 is 15.9 Å². The van der Waals surface area contributed by atoms with Crippen molar-refractivity contribution in [2.75, 3.05) is 5.33 Å². The number of hydrogen-bond donors (Lipinski definition) is 0. The summed E-state index contributed by atoms with van der Waals surface area (Å²) in [4.78, 5) is 0. The molecule has 0 saturated heterocycles. The first-order valence-electron chi connectivity index (χ1n) is 6.70. The third-order valence-corrected chi connectivity index (χ3v) is 4.59. The molecule has 0 spiro atoms. The lowest BCUT2D eigenvalue weighted by molar-refractivity contribution is 0.521. The van der Waals surface area contributed by atoms with E-state index in [2.05, 4.69) is 77.1 Å². The van der Waals surface area contributed by atoms with E-state index >= 15 is 0 Å². The van der Waals surface area contributed by atoms with Crippen molar-refractivity contribution in [3.63, 3.8) is 0 Å². The summed E-state index contributed by atoms with van der Waals surface area (Å²) < 4.78 is 0. The van der Waals surface area contributed by atoms with Crippen LogP contribution in [0, 0.1) is 0 Å². The first-order chi connectivity index (χ1) is 9.33. The number of hydrogen-bond acceptors (Lipinski definition) is 0. The van der Waals surface area contributed by atoms with Gasteiger partial charge in [0, 0.05) is 10.7 Å². The van der Waals surface area contributed by atoms with Crippen LogP contribution in [0.3, 0.4) is 0 Å². The van der Waals surface area contributed by atoms with Gasteiger partial charge in [-0.05, 0) is 35.1 Å². The van der Waals surface area contributed by atoms with Crippen molar-refractivity contribution in [1.82, 2.24) is 0 Å². The molecular formula is C18H17Br. The SMILES string of the molecule is C=CCC1(CCBr)c2ccccc2-c2ccccc21. The zero-order valence-electron chi connectivity index (χ0n) is 10.9. The summed E-state index contributed by atoms with van der Waals surface area (Å²) in [5.41, 5.74) is 5.78. The van der Waals surface area contributed by atoms with Crippen LogP contribution in [-0.4, -0.2) is 5.33 Å². The average Bonchev–Trinajstić information content (AvgIpc) is 2.72. The number of alkyl halides is 1. The fourth-order valence-electron chi connectivity index (χ4n) is 3.41. The van der Waals surface area contributed by atoms with Gasteiger partial charge in [0.1, 0.15) is 0 Å². The summed E-state index contributed by atoms with van der Waals surface area (Å²) in [5, 5.41) is 1.00. The Kier molecular flexibility index (Phi) is 3.32. The predicted octanol–water partition coefficient (Wildman–Crippen LogP) is 5.31. The number of halogens is 1. The van der Waals surface area contributed by atoms with Gasteiger partial charge in [0.2, 0.25) is 0 Å². The fraction of sp³-hybridized carbons (Fsp3) is 0.222. The molecule has 1 heteroatoms. The number of rotatable bonds is 4. The van der Waals surface area contributed by atoms with E-state index in [-0.39, 0.29) is 5.41 Å². The summed E-state index contributed by atoms with van der Waals surface area (Å²) in [6.45, 7) is 3.98. The van der Waals surface area contributed by atoms with Crippen LogP contribution in [0.2, 0.25) is 0 Å². The first kappa shape index (κ1) is 12.7. The van der Waals surface area contributed by atoms with Crippen molar-refractivity contribution in [3.05, 3.63) is 72.3 Å². The molecule has 2 aromatic carbocycles. The maximum Gasteiger partial charge on any atom is 0.0257 e. The molecule has 19 heavy (non-hydrogen) atoms. The Morgan fingerprint density at radius 2 is 1.47 bits per heavy atom. The summed E-state index contributed by atoms with van der Waals surface area (Å²) in [6.07, 6.45) is 4.15. The van der Waals surface area contributed by atoms with Crippen molar-refractivity contribution < 1.29 is 0 Å². The summed E-state index contributed by atoms with van der Waals surface area (Å²) >= 11 is 3.63. The zero-order chi connectivity index (χ0) is 13.3. The summed E-state index contributed by atoms with van der Waals surface area (Å²) in [7, 11) is 0. The van der Waals surface area contributed by atoms with E-state index < -0.39 is 0 Å². The van der Waals surface area contributed by atoms with Gasteiger partial charge in [0.15, 0.2) is 0 Å². The molecule has 0 N–H and O–H groups in total. The van der Waals surface area contributed by atoms with Crippen LogP contribution in [0.4, 0.5) is 0 Å². The Morgan fingerprint density at radius 1 is 0.947 bits per heavy atom. The molecule has 0 atom stereocenters. The van der Waals surface area contributed by atoms with E-state index in [1.54, 1.807) is 0 Å². The van der Waals surface area contributed by atoms with Crippen molar-refractivity contribution in [3.8, 4) is 11.1 Å². The maximum absolute atomic E-state index is 3.98. The van der Waals surface area contributed by atoms with Crippen LogP contribution < -0.4 is 0 Å². The van der Waals surface area contributed by atoms with Gasteiger partial charge in [-0.2, -0.15) is 0 Å². The van der Waals surface area contributed by atoms with Gasteiger partial charge >= 0.3 is 0 Å². The second-order valence-corrected chi connectivity index (χ2v) is 5.90. The Balaban J connectivity index is 2.31. The molecule has 0 heterocycles. The Hall–Kier alpha value is -1.34. The quantitative estimate of drug-likeness (QED) is 0.530. The third-order valence-electron chi connectivity index (χ3n) is 4.19. The minimum Gasteiger partial charge on any atom is -0.103 e. The lowest BCUT2D eigenvalue weighted by atomic mass is 9.73. The van der Waals surface area contributed by atoms with Gasteiger partial charge in [0.05, 0.1) is 0 Å². The molecule has 0 bridgehead atoms. The van der Waals surface area contributed by atoms with Gasteiger partial charge < -0.3 is 0 Å². The third kappa shape index (κ3) is 1.80. The Bertz CT molecular complexity index is 567. The van der Waals surface area contributed by atoms with E-state index in [1.165, 1.54) is 22.3 Å². The summed E-state index contributed by atoms with van der Waals surface area (Å²) in [5.74, 6) is 0. The maximum atomic E-state index is 3.98. The molecule has 0 nitrogen and oxygen atoms in total. The number of allylic oxidation sites excluding steroid dienone is 1. The fourth-order valence-corrected chi connectivity index (χ4v) is 4.09. The van der Waals surface area contributed by atoms with Crippen LogP contribution in [-0.2, 0) is 5.41 Å². The van der Waals surface area contributed by atoms with Crippen LogP contribution in [0.25, 0.3) is 11.1 Å². The van der Waals surface area contributed by atoms with Crippen LogP contribution in [0.15, 0.2) is 61.2 Å². The molecule has 1 aliphatic rings. The van der Waals surface area contributed by atoms with Gasteiger partial charge in [-0.15, -0.1) is 6.58 Å². The Morgan fingerprint density at radius 3 is 1.95 bits per heavy atom. The van der Waals surface area contributed by atoms with Gasteiger partial charge in [-0.25, -0.2) is 0 Å². The molecular weight excluding hydrogens is 296 g/mol. The van der Waals surface area contributed by atoms with E-state index in [0.717, 1.165) is 18.2 Å². The smallest absolute Gasteiger partial charge is 0.0257 e. The molecule has 0 aliphatic heterocycles. The first-order valence-corrected chi connectivity index (χ1v) is 7.82. The van der Waals surface area contributed by atoms with Crippen molar-refractivity contribution in [2.24, 2.45) is 0 Å². The Labute approximate surface area is 123 Å². The molecule has 0 saturated carbocycles. The van der Waals surface area contributed by atoms with Crippen LogP contribution in [0.1, 0.15) is 24.0 Å². The van der Waals surface area contributed by atoms with E-state index in [0.29, 0.717) is 0 Å².